The largest absolute Gasteiger partial charge is 0.388 e. The fourth-order valence-corrected chi connectivity index (χ4v) is 3.15. The van der Waals surface area contributed by atoms with Crippen LogP contribution in [0.1, 0.15) is 63.6 Å². The number of carbonyl (C=O) groups is 1. The number of nitrogens with zero attached hydrogens (tertiary/aromatic N) is 3. The Bertz CT molecular complexity index is 535. The molecule has 2 rings (SSSR count). The van der Waals surface area contributed by atoms with Crippen LogP contribution >= 0.6 is 0 Å². The molecule has 0 spiro atoms. The van der Waals surface area contributed by atoms with Gasteiger partial charge in [0.1, 0.15) is 0 Å². The fraction of sp³-hybridized carbons (Fsp3) is 0.750. The van der Waals surface area contributed by atoms with Gasteiger partial charge in [-0.1, -0.05) is 0 Å². The smallest absolute Gasteiger partial charge is 0.274 e. The Balaban J connectivity index is 2.29. The highest BCUT2D eigenvalue weighted by molar-refractivity contribution is 5.93. The average molecular weight is 293 g/mol. The first-order valence-electron chi connectivity index (χ1n) is 7.62. The van der Waals surface area contributed by atoms with E-state index in [1.54, 1.807) is 18.7 Å². The monoisotopic (exact) mass is 293 g/mol. The molecule has 0 aromatic carbocycles. The fourth-order valence-electron chi connectivity index (χ4n) is 3.15. The Hall–Kier alpha value is -1.36. The maximum atomic E-state index is 12.7. The van der Waals surface area contributed by atoms with E-state index >= 15 is 0 Å². The van der Waals surface area contributed by atoms with E-state index in [0.717, 1.165) is 18.5 Å². The lowest BCUT2D eigenvalue weighted by molar-refractivity contribution is 0.0000636. The third kappa shape index (κ3) is 3.12. The number of hydrogen-bond donors (Lipinski definition) is 1. The van der Waals surface area contributed by atoms with Crippen LogP contribution in [0.3, 0.4) is 0 Å². The number of hydrogen-bond acceptors (Lipinski definition) is 3. The van der Waals surface area contributed by atoms with Crippen molar-refractivity contribution in [1.29, 1.82) is 0 Å². The summed E-state index contributed by atoms with van der Waals surface area (Å²) < 4.78 is 1.88. The molecule has 1 aliphatic heterocycles. The summed E-state index contributed by atoms with van der Waals surface area (Å²) in [6.45, 7) is 12.4. The van der Waals surface area contributed by atoms with Crippen molar-refractivity contribution in [3.8, 4) is 0 Å². The van der Waals surface area contributed by atoms with E-state index in [-0.39, 0.29) is 17.5 Å². The van der Waals surface area contributed by atoms with Crippen LogP contribution in [-0.4, -0.2) is 43.9 Å². The molecule has 0 saturated carbocycles. The summed E-state index contributed by atoms with van der Waals surface area (Å²) in [4.78, 5) is 14.5. The number of aromatic nitrogens is 2. The molecule has 1 atom stereocenters. The van der Waals surface area contributed by atoms with Gasteiger partial charge in [-0.25, -0.2) is 0 Å². The predicted octanol–water partition coefficient (Wildman–Crippen LogP) is 2.32. The number of rotatable bonds is 2. The minimum absolute atomic E-state index is 0.0780. The van der Waals surface area contributed by atoms with Gasteiger partial charge in [0.05, 0.1) is 17.2 Å². The van der Waals surface area contributed by atoms with Gasteiger partial charge in [-0.05, 0) is 60.5 Å². The Labute approximate surface area is 126 Å². The van der Waals surface area contributed by atoms with Crippen LogP contribution < -0.4 is 0 Å². The first-order valence-corrected chi connectivity index (χ1v) is 7.62. The molecule has 1 aliphatic rings. The maximum absolute atomic E-state index is 12.7. The Kier molecular flexibility index (Phi) is 3.91. The van der Waals surface area contributed by atoms with Crippen LogP contribution in [0.5, 0.6) is 0 Å². The molecular weight excluding hydrogens is 266 g/mol. The molecule has 21 heavy (non-hydrogen) atoms. The standard InChI is InChI=1S/C16H27N3O2/c1-11-10-12(17-19(11)15(2,3)4)14(20)18-9-7-8-13(18)16(5,6)21/h10,13,21H,7-9H2,1-6H3. The van der Waals surface area contributed by atoms with E-state index in [9.17, 15) is 9.90 Å². The van der Waals surface area contributed by atoms with Gasteiger partial charge < -0.3 is 10.0 Å². The summed E-state index contributed by atoms with van der Waals surface area (Å²) >= 11 is 0. The summed E-state index contributed by atoms with van der Waals surface area (Å²) in [6.07, 6.45) is 1.77. The van der Waals surface area contributed by atoms with Crippen LogP contribution in [0.2, 0.25) is 0 Å². The van der Waals surface area contributed by atoms with Gasteiger partial charge in [-0.15, -0.1) is 0 Å². The summed E-state index contributed by atoms with van der Waals surface area (Å²) in [5, 5.41) is 14.7. The first-order chi connectivity index (χ1) is 9.51. The van der Waals surface area contributed by atoms with Gasteiger partial charge in [-0.3, -0.25) is 9.48 Å². The van der Waals surface area contributed by atoms with E-state index in [1.165, 1.54) is 0 Å². The van der Waals surface area contributed by atoms with Crippen molar-refractivity contribution in [2.45, 2.75) is 71.6 Å². The van der Waals surface area contributed by atoms with E-state index in [1.807, 2.05) is 17.7 Å². The lowest BCUT2D eigenvalue weighted by Gasteiger charge is -2.33. The number of aryl methyl sites for hydroxylation is 1. The molecule has 1 amide bonds. The third-order valence-corrected chi connectivity index (χ3v) is 4.07. The molecule has 1 fully saturated rings. The molecule has 118 valence electrons. The number of aliphatic hydroxyl groups is 1. The highest BCUT2D eigenvalue weighted by Crippen LogP contribution is 2.28. The molecule has 1 aromatic heterocycles. The minimum Gasteiger partial charge on any atom is -0.388 e. The van der Waals surface area contributed by atoms with Crippen molar-refractivity contribution < 1.29 is 9.90 Å². The third-order valence-electron chi connectivity index (χ3n) is 4.07. The number of amides is 1. The van der Waals surface area contributed by atoms with E-state index in [0.29, 0.717) is 12.2 Å². The second kappa shape index (κ2) is 5.13. The SMILES string of the molecule is Cc1cc(C(=O)N2CCCC2C(C)(C)O)nn1C(C)(C)C. The first kappa shape index (κ1) is 16.0. The molecule has 5 heteroatoms. The Morgan fingerprint density at radius 3 is 2.43 bits per heavy atom. The highest BCUT2D eigenvalue weighted by Gasteiger charge is 2.39. The quantitative estimate of drug-likeness (QED) is 0.910. The molecule has 1 saturated heterocycles. The van der Waals surface area contributed by atoms with Crippen molar-refractivity contribution >= 4 is 5.91 Å². The second-order valence-electron chi connectivity index (χ2n) is 7.56. The van der Waals surface area contributed by atoms with Crippen molar-refractivity contribution in [2.24, 2.45) is 0 Å². The maximum Gasteiger partial charge on any atom is 0.274 e. The van der Waals surface area contributed by atoms with Crippen molar-refractivity contribution in [1.82, 2.24) is 14.7 Å². The topological polar surface area (TPSA) is 58.4 Å². The highest BCUT2D eigenvalue weighted by atomic mass is 16.3. The molecule has 5 nitrogen and oxygen atoms in total. The normalized spacial score (nSPS) is 20.1. The van der Waals surface area contributed by atoms with Gasteiger partial charge in [0.2, 0.25) is 0 Å². The number of likely N-dealkylation sites (tertiary alicyclic amines) is 1. The zero-order chi connectivity index (χ0) is 16.0. The molecule has 1 unspecified atom stereocenters. The van der Waals surface area contributed by atoms with Gasteiger partial charge >= 0.3 is 0 Å². The lowest BCUT2D eigenvalue weighted by atomic mass is 9.96. The minimum atomic E-state index is -0.881. The van der Waals surface area contributed by atoms with E-state index in [4.69, 9.17) is 0 Å². The average Bonchev–Trinajstić information content (AvgIpc) is 2.91. The zero-order valence-corrected chi connectivity index (χ0v) is 14.0. The van der Waals surface area contributed by atoms with E-state index < -0.39 is 5.60 Å². The molecule has 1 N–H and O–H groups in total. The van der Waals surface area contributed by atoms with Crippen LogP contribution in [0.15, 0.2) is 6.07 Å². The lowest BCUT2D eigenvalue weighted by Crippen LogP contribution is -2.48. The summed E-state index contributed by atoms with van der Waals surface area (Å²) in [5.74, 6) is -0.0780. The van der Waals surface area contributed by atoms with Crippen molar-refractivity contribution in [3.63, 3.8) is 0 Å². The second-order valence-corrected chi connectivity index (χ2v) is 7.56. The van der Waals surface area contributed by atoms with Crippen LogP contribution in [0.25, 0.3) is 0 Å². The Morgan fingerprint density at radius 1 is 1.33 bits per heavy atom. The molecule has 2 heterocycles. The Morgan fingerprint density at radius 2 is 1.95 bits per heavy atom. The van der Waals surface area contributed by atoms with E-state index in [2.05, 4.69) is 25.9 Å². The zero-order valence-electron chi connectivity index (χ0n) is 14.0. The van der Waals surface area contributed by atoms with Gasteiger partial charge in [0.25, 0.3) is 5.91 Å². The number of carbonyl (C=O) groups excluding carboxylic acids is 1. The molecule has 0 bridgehead atoms. The predicted molar refractivity (Wildman–Crippen MR) is 82.3 cm³/mol. The van der Waals surface area contributed by atoms with Crippen LogP contribution in [0, 0.1) is 6.92 Å². The van der Waals surface area contributed by atoms with Crippen LogP contribution in [0.4, 0.5) is 0 Å². The van der Waals surface area contributed by atoms with Gasteiger partial charge in [-0.2, -0.15) is 5.10 Å². The van der Waals surface area contributed by atoms with Crippen molar-refractivity contribution in [2.75, 3.05) is 6.54 Å². The van der Waals surface area contributed by atoms with Crippen molar-refractivity contribution in [3.05, 3.63) is 17.5 Å². The molecule has 1 aromatic rings. The van der Waals surface area contributed by atoms with Crippen LogP contribution in [-0.2, 0) is 5.54 Å². The molecule has 0 aliphatic carbocycles. The summed E-state index contributed by atoms with van der Waals surface area (Å²) in [5.41, 5.74) is 0.417. The molecule has 0 radical (unpaired) electrons. The molecular formula is C16H27N3O2. The van der Waals surface area contributed by atoms with Gasteiger partial charge in [0, 0.05) is 12.2 Å². The summed E-state index contributed by atoms with van der Waals surface area (Å²) in [7, 11) is 0. The van der Waals surface area contributed by atoms with Gasteiger partial charge in [0.15, 0.2) is 5.69 Å². The summed E-state index contributed by atoms with van der Waals surface area (Å²) in [6, 6.07) is 1.71.